The lowest BCUT2D eigenvalue weighted by Crippen LogP contribution is -2.55. The van der Waals surface area contributed by atoms with E-state index in [0.29, 0.717) is 18.5 Å². The van der Waals surface area contributed by atoms with Crippen LogP contribution in [-0.4, -0.2) is 18.5 Å². The molecule has 1 atom stereocenters. The van der Waals surface area contributed by atoms with E-state index in [2.05, 4.69) is 19.2 Å². The van der Waals surface area contributed by atoms with Crippen LogP contribution in [0.4, 0.5) is 0 Å². The SMILES string of the molecule is CC1CC(CN)(C(=O)NC(C)CC2CC2)C1. The molecule has 0 aliphatic heterocycles. The van der Waals surface area contributed by atoms with E-state index in [1.54, 1.807) is 0 Å². The maximum absolute atomic E-state index is 12.1. The molecule has 3 heteroatoms. The molecule has 0 aromatic rings. The van der Waals surface area contributed by atoms with Crippen LogP contribution in [0, 0.1) is 17.3 Å². The van der Waals surface area contributed by atoms with Gasteiger partial charge in [0.2, 0.25) is 5.91 Å². The summed E-state index contributed by atoms with van der Waals surface area (Å²) in [4.78, 5) is 12.1. The molecule has 0 bridgehead atoms. The largest absolute Gasteiger partial charge is 0.353 e. The van der Waals surface area contributed by atoms with Crippen LogP contribution in [0.2, 0.25) is 0 Å². The van der Waals surface area contributed by atoms with E-state index in [4.69, 9.17) is 5.73 Å². The minimum absolute atomic E-state index is 0.196. The molecule has 0 heterocycles. The molecule has 2 fully saturated rings. The standard InChI is InChI=1S/C13H24N2O/c1-9-6-13(7-9,8-14)12(16)15-10(2)5-11-3-4-11/h9-11H,3-8,14H2,1-2H3,(H,15,16). The van der Waals surface area contributed by atoms with Gasteiger partial charge in [-0.15, -0.1) is 0 Å². The molecule has 0 aromatic heterocycles. The number of rotatable bonds is 5. The number of hydrogen-bond donors (Lipinski definition) is 2. The van der Waals surface area contributed by atoms with Gasteiger partial charge in [0.1, 0.15) is 0 Å². The third kappa shape index (κ3) is 2.40. The average molecular weight is 224 g/mol. The number of nitrogens with one attached hydrogen (secondary N) is 1. The summed E-state index contributed by atoms with van der Waals surface area (Å²) in [6.07, 6.45) is 5.76. The Balaban J connectivity index is 1.81. The summed E-state index contributed by atoms with van der Waals surface area (Å²) in [5.74, 6) is 1.72. The van der Waals surface area contributed by atoms with Crippen LogP contribution < -0.4 is 11.1 Å². The van der Waals surface area contributed by atoms with Gasteiger partial charge in [-0.2, -0.15) is 0 Å². The number of carbonyl (C=O) groups excluding carboxylic acids is 1. The van der Waals surface area contributed by atoms with E-state index >= 15 is 0 Å². The summed E-state index contributed by atoms with van der Waals surface area (Å²) in [5.41, 5.74) is 5.52. The first-order chi connectivity index (χ1) is 7.55. The smallest absolute Gasteiger partial charge is 0.227 e. The van der Waals surface area contributed by atoms with Crippen molar-refractivity contribution >= 4 is 5.91 Å². The predicted octanol–water partition coefficient (Wildman–Crippen LogP) is 1.67. The Hall–Kier alpha value is -0.570. The summed E-state index contributed by atoms with van der Waals surface area (Å²) in [5, 5.41) is 3.15. The molecule has 0 saturated heterocycles. The number of nitrogens with two attached hydrogens (primary N) is 1. The van der Waals surface area contributed by atoms with Crippen molar-refractivity contribution < 1.29 is 4.79 Å². The monoisotopic (exact) mass is 224 g/mol. The molecule has 0 aromatic carbocycles. The lowest BCUT2D eigenvalue weighted by atomic mass is 9.62. The molecule has 1 unspecified atom stereocenters. The molecule has 2 saturated carbocycles. The van der Waals surface area contributed by atoms with Crippen LogP contribution in [0.1, 0.15) is 46.0 Å². The van der Waals surface area contributed by atoms with Crippen LogP contribution in [0.15, 0.2) is 0 Å². The van der Waals surface area contributed by atoms with Crippen molar-refractivity contribution in [1.29, 1.82) is 0 Å². The Morgan fingerprint density at radius 1 is 1.50 bits per heavy atom. The second-order valence-electron chi connectivity index (χ2n) is 6.05. The first-order valence-electron chi connectivity index (χ1n) is 6.57. The quantitative estimate of drug-likeness (QED) is 0.746. The van der Waals surface area contributed by atoms with E-state index in [-0.39, 0.29) is 11.3 Å². The van der Waals surface area contributed by atoms with Gasteiger partial charge in [0, 0.05) is 12.6 Å². The van der Waals surface area contributed by atoms with Gasteiger partial charge in [-0.3, -0.25) is 4.79 Å². The minimum atomic E-state index is -0.239. The van der Waals surface area contributed by atoms with Gasteiger partial charge >= 0.3 is 0 Å². The van der Waals surface area contributed by atoms with Crippen molar-refractivity contribution in [2.24, 2.45) is 23.0 Å². The molecule has 3 nitrogen and oxygen atoms in total. The minimum Gasteiger partial charge on any atom is -0.353 e. The van der Waals surface area contributed by atoms with Crippen LogP contribution in [0.25, 0.3) is 0 Å². The Morgan fingerprint density at radius 2 is 2.12 bits per heavy atom. The lowest BCUT2D eigenvalue weighted by molar-refractivity contribution is -0.138. The lowest BCUT2D eigenvalue weighted by Gasteiger charge is -2.44. The van der Waals surface area contributed by atoms with E-state index in [1.807, 2.05) is 0 Å². The van der Waals surface area contributed by atoms with Crippen molar-refractivity contribution in [1.82, 2.24) is 5.32 Å². The van der Waals surface area contributed by atoms with E-state index < -0.39 is 0 Å². The van der Waals surface area contributed by atoms with Crippen LogP contribution in [0.3, 0.4) is 0 Å². The third-order valence-electron chi connectivity index (χ3n) is 4.11. The molecule has 92 valence electrons. The second-order valence-corrected chi connectivity index (χ2v) is 6.05. The van der Waals surface area contributed by atoms with Gasteiger partial charge in [-0.25, -0.2) is 0 Å². The second kappa shape index (κ2) is 4.36. The molecule has 2 aliphatic rings. The number of carbonyl (C=O) groups is 1. The van der Waals surface area contributed by atoms with E-state index in [1.165, 1.54) is 12.8 Å². The maximum atomic E-state index is 12.1. The molecule has 2 aliphatic carbocycles. The highest BCUT2D eigenvalue weighted by Gasteiger charge is 2.47. The molecule has 2 rings (SSSR count). The molecule has 0 spiro atoms. The molecular weight excluding hydrogens is 200 g/mol. The van der Waals surface area contributed by atoms with Crippen LogP contribution in [-0.2, 0) is 4.79 Å². The number of hydrogen-bond acceptors (Lipinski definition) is 2. The first-order valence-corrected chi connectivity index (χ1v) is 6.57. The van der Waals surface area contributed by atoms with Crippen molar-refractivity contribution in [2.45, 2.75) is 52.0 Å². The van der Waals surface area contributed by atoms with Crippen molar-refractivity contribution in [3.05, 3.63) is 0 Å². The zero-order valence-corrected chi connectivity index (χ0v) is 10.5. The van der Waals surface area contributed by atoms with Crippen LogP contribution in [0.5, 0.6) is 0 Å². The van der Waals surface area contributed by atoms with E-state index in [0.717, 1.165) is 25.2 Å². The van der Waals surface area contributed by atoms with Gasteiger partial charge in [0.05, 0.1) is 5.41 Å². The molecule has 3 N–H and O–H groups in total. The Labute approximate surface area is 98.2 Å². The van der Waals surface area contributed by atoms with Gasteiger partial charge < -0.3 is 11.1 Å². The fourth-order valence-electron chi connectivity index (χ4n) is 3.01. The summed E-state index contributed by atoms with van der Waals surface area (Å²) < 4.78 is 0. The zero-order valence-electron chi connectivity index (χ0n) is 10.5. The average Bonchev–Trinajstić information content (AvgIpc) is 2.95. The molecule has 0 radical (unpaired) electrons. The fraction of sp³-hybridized carbons (Fsp3) is 0.923. The molecule has 1 amide bonds. The van der Waals surface area contributed by atoms with Crippen molar-refractivity contribution in [2.75, 3.05) is 6.54 Å². The van der Waals surface area contributed by atoms with Gasteiger partial charge in [-0.05, 0) is 38.0 Å². The Kier molecular flexibility index (Phi) is 3.24. The summed E-state index contributed by atoms with van der Waals surface area (Å²) >= 11 is 0. The predicted molar refractivity (Wildman–Crippen MR) is 64.8 cm³/mol. The Bertz CT molecular complexity index is 267. The normalized spacial score (nSPS) is 35.3. The Morgan fingerprint density at radius 3 is 2.56 bits per heavy atom. The highest BCUT2D eigenvalue weighted by molar-refractivity contribution is 5.84. The van der Waals surface area contributed by atoms with Crippen molar-refractivity contribution in [3.8, 4) is 0 Å². The molecule has 16 heavy (non-hydrogen) atoms. The van der Waals surface area contributed by atoms with E-state index in [9.17, 15) is 4.79 Å². The topological polar surface area (TPSA) is 55.1 Å². The maximum Gasteiger partial charge on any atom is 0.227 e. The zero-order chi connectivity index (χ0) is 11.8. The highest BCUT2D eigenvalue weighted by Crippen LogP contribution is 2.45. The fourth-order valence-corrected chi connectivity index (χ4v) is 3.01. The van der Waals surface area contributed by atoms with Crippen LogP contribution >= 0.6 is 0 Å². The van der Waals surface area contributed by atoms with Gasteiger partial charge in [0.25, 0.3) is 0 Å². The highest BCUT2D eigenvalue weighted by atomic mass is 16.2. The first kappa shape index (κ1) is 11.9. The number of amides is 1. The van der Waals surface area contributed by atoms with Gasteiger partial charge in [0.15, 0.2) is 0 Å². The summed E-state index contributed by atoms with van der Waals surface area (Å²) in [6.45, 7) is 4.80. The summed E-state index contributed by atoms with van der Waals surface area (Å²) in [7, 11) is 0. The van der Waals surface area contributed by atoms with Crippen molar-refractivity contribution in [3.63, 3.8) is 0 Å². The molecular formula is C13H24N2O. The van der Waals surface area contributed by atoms with Gasteiger partial charge in [-0.1, -0.05) is 19.8 Å². The summed E-state index contributed by atoms with van der Waals surface area (Å²) in [6, 6.07) is 0.319. The third-order valence-corrected chi connectivity index (χ3v) is 4.11.